The predicted octanol–water partition coefficient (Wildman–Crippen LogP) is 13.1. The Kier molecular flexibility index (Phi) is 9.90. The van der Waals surface area contributed by atoms with E-state index in [1.165, 1.54) is 26.6 Å². The molecule has 0 aliphatic rings. The number of hydrogen-bond acceptors (Lipinski definition) is 4. The van der Waals surface area contributed by atoms with Gasteiger partial charge in [-0.05, 0) is 77.3 Å². The van der Waals surface area contributed by atoms with Crippen LogP contribution in [0.15, 0.2) is 138 Å². The van der Waals surface area contributed by atoms with Crippen molar-refractivity contribution in [1.82, 2.24) is 19.5 Å². The van der Waals surface area contributed by atoms with Crippen molar-refractivity contribution in [2.24, 2.45) is 0 Å². The minimum Gasteiger partial charge on any atom is 0 e. The van der Waals surface area contributed by atoms with Gasteiger partial charge in [0, 0.05) is 41.0 Å². The molecule has 0 saturated carbocycles. The first-order chi connectivity index (χ1) is 29.9. The van der Waals surface area contributed by atoms with Gasteiger partial charge < -0.3 is 8.98 Å². The summed E-state index contributed by atoms with van der Waals surface area (Å²) in [6.07, 6.45) is 1.89. The molecule has 4 heterocycles. The molecule has 58 heavy (non-hydrogen) atoms. The van der Waals surface area contributed by atoms with Crippen LogP contribution in [-0.4, -0.2) is 32.8 Å². The quantitative estimate of drug-likeness (QED) is 0.118. The van der Waals surface area contributed by atoms with Gasteiger partial charge in [-0.2, -0.15) is 0 Å². The van der Waals surface area contributed by atoms with Gasteiger partial charge in [0.15, 0.2) is 0 Å². The van der Waals surface area contributed by atoms with E-state index in [4.69, 9.17) is 17.6 Å². The molecular formula is C51H48GeIrN4O-2. The van der Waals surface area contributed by atoms with Gasteiger partial charge in [-0.15, -0.1) is 18.2 Å². The van der Waals surface area contributed by atoms with Crippen LogP contribution in [0.5, 0.6) is 0 Å². The molecule has 0 N–H and O–H groups in total. The SMILES string of the molecule is [2H]C([2H])([2H])c1ccc2c(n1)oc1c(-c3nc4ccccc4n3-c3c(C(C)C)cc(-c4ccccc4)cc3C(C)C)[c-]ccc12.[2H]c1[c-]c(-c2cc[c]([Ge]([CH3])([CH3])[CH3])cn2)cc([2H])c1[2H].[Ir]. The smallest absolute Gasteiger partial charge is 0 e. The van der Waals surface area contributed by atoms with Crippen LogP contribution in [0.1, 0.15) is 64.6 Å². The van der Waals surface area contributed by atoms with Gasteiger partial charge >= 0.3 is 104 Å². The van der Waals surface area contributed by atoms with E-state index in [2.05, 4.69) is 120 Å². The van der Waals surface area contributed by atoms with Crippen molar-refractivity contribution in [2.75, 3.05) is 0 Å². The van der Waals surface area contributed by atoms with E-state index in [0.717, 1.165) is 27.5 Å². The predicted molar refractivity (Wildman–Crippen MR) is 240 cm³/mol. The zero-order chi connectivity index (χ0) is 45.0. The zero-order valence-corrected chi connectivity index (χ0v) is 38.1. The number of pyridine rings is 2. The molecule has 9 rings (SSSR count). The van der Waals surface area contributed by atoms with Crippen LogP contribution >= 0.6 is 0 Å². The molecule has 0 bridgehead atoms. The largest absolute Gasteiger partial charge is 0 e. The van der Waals surface area contributed by atoms with Crippen LogP contribution < -0.4 is 4.40 Å². The van der Waals surface area contributed by atoms with Gasteiger partial charge in [0.25, 0.3) is 0 Å². The number of rotatable bonds is 7. The number of furan rings is 1. The molecule has 0 fully saturated rings. The summed E-state index contributed by atoms with van der Waals surface area (Å²) in [5, 5.41) is 1.59. The molecule has 7 heteroatoms. The molecule has 1 radical (unpaired) electrons. The Morgan fingerprint density at radius 1 is 0.759 bits per heavy atom. The summed E-state index contributed by atoms with van der Waals surface area (Å²) in [5.41, 5.74) is 10.7. The molecule has 4 aromatic heterocycles. The summed E-state index contributed by atoms with van der Waals surface area (Å²) < 4.78 is 56.2. The number of aryl methyl sites for hydroxylation is 1. The van der Waals surface area contributed by atoms with Crippen molar-refractivity contribution in [3.8, 4) is 39.5 Å². The Bertz CT molecular complexity index is 3090. The second kappa shape index (κ2) is 17.0. The molecule has 0 spiro atoms. The maximum absolute atomic E-state index is 7.83. The fourth-order valence-electron chi connectivity index (χ4n) is 7.24. The van der Waals surface area contributed by atoms with Gasteiger partial charge in [-0.3, -0.25) is 4.98 Å². The second-order valence-electron chi connectivity index (χ2n) is 15.9. The molecule has 0 unspecified atom stereocenters. The summed E-state index contributed by atoms with van der Waals surface area (Å²) in [7, 11) is 0. The molecule has 9 aromatic rings. The zero-order valence-electron chi connectivity index (χ0n) is 39.7. The van der Waals surface area contributed by atoms with Crippen LogP contribution in [0.2, 0.25) is 17.3 Å². The number of nitrogens with zero attached hydrogens (tertiary/aromatic N) is 4. The van der Waals surface area contributed by atoms with E-state index >= 15 is 0 Å². The van der Waals surface area contributed by atoms with Gasteiger partial charge in [0.2, 0.25) is 5.71 Å². The minimum absolute atomic E-state index is 0. The molecule has 0 aliphatic carbocycles. The van der Waals surface area contributed by atoms with E-state index in [1.54, 1.807) is 18.2 Å². The minimum atomic E-state index is -2.33. The Balaban J connectivity index is 0.000000258. The average Bonchev–Trinajstić information content (AvgIpc) is 3.83. The van der Waals surface area contributed by atoms with Crippen LogP contribution in [0.4, 0.5) is 0 Å². The summed E-state index contributed by atoms with van der Waals surface area (Å²) in [4.78, 5) is 14.0. The Morgan fingerprint density at radius 3 is 2.17 bits per heavy atom. The van der Waals surface area contributed by atoms with Crippen molar-refractivity contribution in [2.45, 2.75) is 63.7 Å². The Hall–Kier alpha value is -5.14. The third-order valence-corrected chi connectivity index (χ3v) is 14.5. The van der Waals surface area contributed by atoms with Gasteiger partial charge in [-0.25, -0.2) is 4.98 Å². The molecular weight excluding hydrogens is 949 g/mol. The first-order valence-corrected chi connectivity index (χ1v) is 26.7. The first kappa shape index (κ1) is 33.8. The molecule has 0 saturated heterocycles. The van der Waals surface area contributed by atoms with Crippen LogP contribution in [0, 0.1) is 19.0 Å². The fraction of sp³-hybridized carbons (Fsp3) is 0.196. The van der Waals surface area contributed by atoms with Crippen LogP contribution in [0.25, 0.3) is 72.6 Å². The van der Waals surface area contributed by atoms with Crippen LogP contribution in [0.3, 0.4) is 0 Å². The monoisotopic (exact) mass is 1010 g/mol. The number of fused-ring (bicyclic) bond motifs is 4. The molecule has 293 valence electrons. The maximum Gasteiger partial charge on any atom is 0 e. The number of benzene rings is 5. The molecule has 5 aromatic carbocycles. The van der Waals surface area contributed by atoms with Crippen molar-refractivity contribution < 1.29 is 32.7 Å². The third kappa shape index (κ3) is 8.11. The summed E-state index contributed by atoms with van der Waals surface area (Å²) in [6.45, 7) is 6.60. The average molecular weight is 1000 g/mol. The molecule has 0 aliphatic heterocycles. The topological polar surface area (TPSA) is 56.7 Å². The second-order valence-corrected chi connectivity index (χ2v) is 26.6. The summed E-state index contributed by atoms with van der Waals surface area (Å²) in [6, 6.07) is 42.1. The van der Waals surface area contributed by atoms with E-state index < -0.39 is 20.1 Å². The number of imidazole rings is 1. The number of hydrogen-bond donors (Lipinski definition) is 0. The first-order valence-electron chi connectivity index (χ1n) is 22.3. The standard InChI is InChI=1S/C37H32N3O.C14H16GeN.Ir/c1-22(2)30-20-26(25-12-7-6-8-13-25)21-31(23(3)4)34(30)40-33-17-10-9-16-32(33)39-36(40)29-15-11-14-27-28-19-18-24(5)38-37(28)41-35(27)29;1-15(2,3)13-9-10-14(16-11-13)12-7-5-4-6-8-12;/h6-14,16-23H,1-5H3;4-7,9-11H,1-3H3;/q2*-1;/i5D3;4D,5D,6D;. The van der Waals surface area contributed by atoms with E-state index in [9.17, 15) is 0 Å². The van der Waals surface area contributed by atoms with Crippen molar-refractivity contribution in [3.05, 3.63) is 162 Å². The van der Waals surface area contributed by atoms with E-state index in [1.807, 2.05) is 48.7 Å². The van der Waals surface area contributed by atoms with Crippen molar-refractivity contribution in [3.63, 3.8) is 0 Å². The Labute approximate surface area is 366 Å². The molecule has 0 atom stereocenters. The summed E-state index contributed by atoms with van der Waals surface area (Å²) in [5.74, 6) is 8.09. The van der Waals surface area contributed by atoms with E-state index in [0.29, 0.717) is 28.2 Å². The van der Waals surface area contributed by atoms with E-state index in [-0.39, 0.29) is 61.5 Å². The van der Waals surface area contributed by atoms with Gasteiger partial charge in [0.05, 0.1) is 22.4 Å². The molecule has 0 amide bonds. The number of para-hydroxylation sites is 2. The molecule has 5 nitrogen and oxygen atoms in total. The van der Waals surface area contributed by atoms with Crippen LogP contribution in [-0.2, 0) is 20.1 Å². The van der Waals surface area contributed by atoms with Crippen molar-refractivity contribution >= 4 is 50.8 Å². The Morgan fingerprint density at radius 2 is 1.50 bits per heavy atom. The van der Waals surface area contributed by atoms with Crippen molar-refractivity contribution in [1.29, 1.82) is 0 Å². The van der Waals surface area contributed by atoms with Gasteiger partial charge in [-0.1, -0.05) is 81.1 Å². The maximum atomic E-state index is 7.83. The normalized spacial score (nSPS) is 13.3. The third-order valence-electron chi connectivity index (χ3n) is 10.3. The fourth-order valence-corrected chi connectivity index (χ4v) is 9.41. The summed E-state index contributed by atoms with van der Waals surface area (Å²) >= 11 is -1.86. The number of aromatic nitrogens is 4. The van der Waals surface area contributed by atoms with Gasteiger partial charge in [0.1, 0.15) is 0 Å².